The highest BCUT2D eigenvalue weighted by atomic mass is 16.5. The second-order valence-corrected chi connectivity index (χ2v) is 6.50. The van der Waals surface area contributed by atoms with E-state index in [2.05, 4.69) is 10.6 Å². The number of rotatable bonds is 6. The highest BCUT2D eigenvalue weighted by Crippen LogP contribution is 2.37. The molecule has 2 aromatic rings. The Hall–Kier alpha value is -2.96. The standard InChI is InChI=1S/C20H24N2O5/c1-25-17-12-13(19(23)21-14-7-4-3-5-8-14)11-15(18(17)26-2)22-20(24)16-9-6-10-27-16/h6,9-12,14H,3-5,7-8H2,1-2H3,(H,21,23)(H,22,24). The fourth-order valence-electron chi connectivity index (χ4n) is 3.30. The van der Waals surface area contributed by atoms with Gasteiger partial charge in [-0.3, -0.25) is 9.59 Å². The number of methoxy groups -OCH3 is 2. The van der Waals surface area contributed by atoms with Crippen LogP contribution in [0.4, 0.5) is 5.69 Å². The van der Waals surface area contributed by atoms with E-state index in [1.54, 1.807) is 24.3 Å². The van der Waals surface area contributed by atoms with Crippen LogP contribution in [0.2, 0.25) is 0 Å². The van der Waals surface area contributed by atoms with Crippen molar-refractivity contribution in [2.75, 3.05) is 19.5 Å². The van der Waals surface area contributed by atoms with E-state index in [9.17, 15) is 9.59 Å². The Morgan fingerprint density at radius 3 is 2.48 bits per heavy atom. The van der Waals surface area contributed by atoms with Gasteiger partial charge in [0.2, 0.25) is 0 Å². The molecule has 3 rings (SSSR count). The first kappa shape index (κ1) is 18.8. The van der Waals surface area contributed by atoms with Crippen molar-refractivity contribution in [2.24, 2.45) is 0 Å². The summed E-state index contributed by atoms with van der Waals surface area (Å²) in [5.74, 6) is 0.227. The summed E-state index contributed by atoms with van der Waals surface area (Å²) in [7, 11) is 2.96. The minimum absolute atomic E-state index is 0.160. The Morgan fingerprint density at radius 1 is 1.07 bits per heavy atom. The van der Waals surface area contributed by atoms with Gasteiger partial charge in [-0.15, -0.1) is 0 Å². The molecule has 2 N–H and O–H groups in total. The fourth-order valence-corrected chi connectivity index (χ4v) is 3.30. The van der Waals surface area contributed by atoms with E-state index in [1.165, 1.54) is 26.9 Å². The van der Waals surface area contributed by atoms with Gasteiger partial charge in [-0.25, -0.2) is 0 Å². The topological polar surface area (TPSA) is 89.8 Å². The van der Waals surface area contributed by atoms with Gasteiger partial charge in [-0.05, 0) is 37.1 Å². The molecule has 1 fully saturated rings. The molecule has 2 amide bonds. The molecule has 0 saturated heterocycles. The van der Waals surface area contributed by atoms with E-state index in [4.69, 9.17) is 13.9 Å². The largest absolute Gasteiger partial charge is 0.493 e. The molecule has 27 heavy (non-hydrogen) atoms. The van der Waals surface area contributed by atoms with Gasteiger partial charge in [0.25, 0.3) is 11.8 Å². The van der Waals surface area contributed by atoms with Crippen molar-refractivity contribution in [1.82, 2.24) is 5.32 Å². The average molecular weight is 372 g/mol. The van der Waals surface area contributed by atoms with Crippen LogP contribution in [0.15, 0.2) is 34.9 Å². The Bertz CT molecular complexity index is 795. The van der Waals surface area contributed by atoms with Crippen molar-refractivity contribution in [3.05, 3.63) is 41.9 Å². The quantitative estimate of drug-likeness (QED) is 0.808. The fraction of sp³-hybridized carbons (Fsp3) is 0.400. The monoisotopic (exact) mass is 372 g/mol. The normalized spacial score (nSPS) is 14.4. The molecule has 1 saturated carbocycles. The van der Waals surface area contributed by atoms with E-state index < -0.39 is 5.91 Å². The van der Waals surface area contributed by atoms with Crippen LogP contribution in [-0.2, 0) is 0 Å². The summed E-state index contributed by atoms with van der Waals surface area (Å²) in [6.07, 6.45) is 6.86. The van der Waals surface area contributed by atoms with Crippen LogP contribution in [0.3, 0.4) is 0 Å². The van der Waals surface area contributed by atoms with Gasteiger partial charge in [0, 0.05) is 11.6 Å². The third-order valence-electron chi connectivity index (χ3n) is 4.67. The SMILES string of the molecule is COc1cc(C(=O)NC2CCCCC2)cc(NC(=O)c2ccco2)c1OC. The second-order valence-electron chi connectivity index (χ2n) is 6.50. The van der Waals surface area contributed by atoms with Gasteiger partial charge in [-0.1, -0.05) is 19.3 Å². The third-order valence-corrected chi connectivity index (χ3v) is 4.67. The van der Waals surface area contributed by atoms with Crippen LogP contribution >= 0.6 is 0 Å². The van der Waals surface area contributed by atoms with Crippen LogP contribution in [-0.4, -0.2) is 32.1 Å². The molecule has 7 nitrogen and oxygen atoms in total. The number of anilines is 1. The van der Waals surface area contributed by atoms with E-state index in [0.29, 0.717) is 22.7 Å². The summed E-state index contributed by atoms with van der Waals surface area (Å²) < 4.78 is 15.8. The lowest BCUT2D eigenvalue weighted by molar-refractivity contribution is 0.0926. The number of amides is 2. The number of nitrogens with one attached hydrogen (secondary N) is 2. The summed E-state index contributed by atoms with van der Waals surface area (Å²) >= 11 is 0. The summed E-state index contributed by atoms with van der Waals surface area (Å²) in [4.78, 5) is 25.0. The number of carbonyl (C=O) groups excluding carboxylic acids is 2. The maximum Gasteiger partial charge on any atom is 0.291 e. The van der Waals surface area contributed by atoms with E-state index in [1.807, 2.05) is 0 Å². The van der Waals surface area contributed by atoms with Crippen LogP contribution in [0.25, 0.3) is 0 Å². The minimum Gasteiger partial charge on any atom is -0.493 e. The average Bonchev–Trinajstić information content (AvgIpc) is 3.23. The summed E-state index contributed by atoms with van der Waals surface area (Å²) in [6.45, 7) is 0. The van der Waals surface area contributed by atoms with Crippen molar-refractivity contribution in [2.45, 2.75) is 38.1 Å². The van der Waals surface area contributed by atoms with Gasteiger partial charge in [-0.2, -0.15) is 0 Å². The number of carbonyl (C=O) groups is 2. The highest BCUT2D eigenvalue weighted by molar-refractivity contribution is 6.05. The zero-order chi connectivity index (χ0) is 19.2. The number of benzene rings is 1. The highest BCUT2D eigenvalue weighted by Gasteiger charge is 2.21. The molecule has 0 aliphatic heterocycles. The molecule has 144 valence electrons. The second kappa shape index (κ2) is 8.62. The molecule has 1 aliphatic carbocycles. The lowest BCUT2D eigenvalue weighted by atomic mass is 9.95. The predicted molar refractivity (Wildman–Crippen MR) is 101 cm³/mol. The van der Waals surface area contributed by atoms with Gasteiger partial charge in [0.15, 0.2) is 17.3 Å². The molecule has 1 aromatic carbocycles. The smallest absolute Gasteiger partial charge is 0.291 e. The van der Waals surface area contributed by atoms with Crippen molar-refractivity contribution < 1.29 is 23.5 Å². The Kier molecular flexibility index (Phi) is 6.01. The van der Waals surface area contributed by atoms with Gasteiger partial charge in [0.05, 0.1) is 26.2 Å². The summed E-state index contributed by atoms with van der Waals surface area (Å²) in [6, 6.07) is 6.56. The van der Waals surface area contributed by atoms with Gasteiger partial charge in [0.1, 0.15) is 0 Å². The molecule has 1 aromatic heterocycles. The first-order chi connectivity index (χ1) is 13.1. The maximum atomic E-state index is 12.7. The molecular weight excluding hydrogens is 348 g/mol. The summed E-state index contributed by atoms with van der Waals surface area (Å²) in [5.41, 5.74) is 0.736. The lowest BCUT2D eigenvalue weighted by Gasteiger charge is -2.23. The van der Waals surface area contributed by atoms with Crippen LogP contribution in [0, 0.1) is 0 Å². The molecule has 0 spiro atoms. The Morgan fingerprint density at radius 2 is 1.85 bits per heavy atom. The molecule has 7 heteroatoms. The van der Waals surface area contributed by atoms with Crippen molar-refractivity contribution >= 4 is 17.5 Å². The first-order valence-corrected chi connectivity index (χ1v) is 9.04. The van der Waals surface area contributed by atoms with Gasteiger partial charge >= 0.3 is 0 Å². The van der Waals surface area contributed by atoms with Crippen LogP contribution in [0.1, 0.15) is 53.0 Å². The Labute approximate surface area is 158 Å². The zero-order valence-corrected chi connectivity index (χ0v) is 15.5. The number of hydrogen-bond acceptors (Lipinski definition) is 5. The molecule has 0 unspecified atom stereocenters. The Balaban J connectivity index is 1.85. The molecule has 0 atom stereocenters. The van der Waals surface area contributed by atoms with Crippen LogP contribution < -0.4 is 20.1 Å². The molecular formula is C20H24N2O5. The maximum absolute atomic E-state index is 12.7. The molecule has 0 radical (unpaired) electrons. The first-order valence-electron chi connectivity index (χ1n) is 9.04. The van der Waals surface area contributed by atoms with E-state index >= 15 is 0 Å². The van der Waals surface area contributed by atoms with Crippen molar-refractivity contribution in [3.8, 4) is 11.5 Å². The molecule has 1 heterocycles. The predicted octanol–water partition coefficient (Wildman–Crippen LogP) is 3.61. The zero-order valence-electron chi connectivity index (χ0n) is 15.5. The number of furan rings is 1. The minimum atomic E-state index is -0.440. The van der Waals surface area contributed by atoms with Crippen molar-refractivity contribution in [3.63, 3.8) is 0 Å². The van der Waals surface area contributed by atoms with E-state index in [-0.39, 0.29) is 17.7 Å². The molecule has 1 aliphatic rings. The van der Waals surface area contributed by atoms with E-state index in [0.717, 1.165) is 25.7 Å². The number of hydrogen-bond donors (Lipinski definition) is 2. The van der Waals surface area contributed by atoms with Gasteiger partial charge < -0.3 is 24.5 Å². The van der Waals surface area contributed by atoms with Crippen LogP contribution in [0.5, 0.6) is 11.5 Å². The summed E-state index contributed by atoms with van der Waals surface area (Å²) in [5, 5.41) is 5.79. The lowest BCUT2D eigenvalue weighted by Crippen LogP contribution is -2.36. The molecule has 0 bridgehead atoms. The third kappa shape index (κ3) is 4.42. The van der Waals surface area contributed by atoms with Crippen molar-refractivity contribution in [1.29, 1.82) is 0 Å². The number of ether oxygens (including phenoxy) is 2.